The molecule has 0 aliphatic rings. The van der Waals surface area contributed by atoms with E-state index in [1.54, 1.807) is 17.4 Å². The fourth-order valence-electron chi connectivity index (χ4n) is 1.71. The summed E-state index contributed by atoms with van der Waals surface area (Å²) in [5.74, 6) is -0.937. The van der Waals surface area contributed by atoms with Gasteiger partial charge in [0.25, 0.3) is 5.91 Å². The molecule has 0 saturated carbocycles. The number of urea groups is 1. The normalized spacial score (nSPS) is 10.7. The number of imide groups is 1. The van der Waals surface area contributed by atoms with Crippen LogP contribution in [0.3, 0.4) is 0 Å². The van der Waals surface area contributed by atoms with Crippen LogP contribution in [0.25, 0.3) is 0 Å². The summed E-state index contributed by atoms with van der Waals surface area (Å²) in [6.07, 6.45) is 0. The highest BCUT2D eigenvalue weighted by Gasteiger charge is 2.19. The monoisotopic (exact) mass is 308 g/mol. The summed E-state index contributed by atoms with van der Waals surface area (Å²) >= 11 is 0. The molecule has 120 valence electrons. The summed E-state index contributed by atoms with van der Waals surface area (Å²) in [6.45, 7) is 5.16. The maximum Gasteiger partial charge on any atom is 0.344 e. The molecule has 0 radical (unpaired) electrons. The summed E-state index contributed by atoms with van der Waals surface area (Å²) in [6, 6.07) is 6.36. The highest BCUT2D eigenvalue weighted by molar-refractivity contribution is 5.94. The molecule has 3 amide bonds. The SMILES string of the molecule is CC(C)(C)c1ccccc1OCC(=O)OCC(=O)NC(N)=O. The lowest BCUT2D eigenvalue weighted by molar-refractivity contribution is -0.150. The highest BCUT2D eigenvalue weighted by Crippen LogP contribution is 2.30. The third-order valence-corrected chi connectivity index (χ3v) is 2.67. The summed E-state index contributed by atoms with van der Waals surface area (Å²) in [5.41, 5.74) is 5.57. The van der Waals surface area contributed by atoms with Gasteiger partial charge in [-0.3, -0.25) is 10.1 Å². The van der Waals surface area contributed by atoms with Crippen LogP contribution in [0.1, 0.15) is 26.3 Å². The van der Waals surface area contributed by atoms with Gasteiger partial charge in [0.1, 0.15) is 5.75 Å². The molecule has 0 aromatic heterocycles. The third-order valence-electron chi connectivity index (χ3n) is 2.67. The van der Waals surface area contributed by atoms with Gasteiger partial charge in [0.05, 0.1) is 0 Å². The van der Waals surface area contributed by atoms with Crippen molar-refractivity contribution in [2.45, 2.75) is 26.2 Å². The number of amides is 3. The number of hydrogen-bond donors (Lipinski definition) is 2. The summed E-state index contributed by atoms with van der Waals surface area (Å²) in [5, 5.41) is 1.78. The molecule has 0 aliphatic carbocycles. The first-order valence-corrected chi connectivity index (χ1v) is 6.67. The van der Waals surface area contributed by atoms with Gasteiger partial charge in [0.2, 0.25) is 0 Å². The zero-order chi connectivity index (χ0) is 16.8. The summed E-state index contributed by atoms with van der Waals surface area (Å²) < 4.78 is 10.1. The van der Waals surface area contributed by atoms with E-state index in [2.05, 4.69) is 4.74 Å². The topological polar surface area (TPSA) is 108 Å². The van der Waals surface area contributed by atoms with E-state index >= 15 is 0 Å². The van der Waals surface area contributed by atoms with Crippen molar-refractivity contribution < 1.29 is 23.9 Å². The van der Waals surface area contributed by atoms with Crippen molar-refractivity contribution in [3.05, 3.63) is 29.8 Å². The van der Waals surface area contributed by atoms with Gasteiger partial charge in [-0.1, -0.05) is 39.0 Å². The number of hydrogen-bond acceptors (Lipinski definition) is 5. The zero-order valence-corrected chi connectivity index (χ0v) is 12.8. The van der Waals surface area contributed by atoms with Crippen molar-refractivity contribution in [1.29, 1.82) is 0 Å². The van der Waals surface area contributed by atoms with E-state index in [9.17, 15) is 14.4 Å². The van der Waals surface area contributed by atoms with Gasteiger partial charge in [-0.15, -0.1) is 0 Å². The van der Waals surface area contributed by atoms with Gasteiger partial charge in [0.15, 0.2) is 13.2 Å². The minimum absolute atomic E-state index is 0.137. The van der Waals surface area contributed by atoms with E-state index in [-0.39, 0.29) is 12.0 Å². The average molecular weight is 308 g/mol. The number of para-hydroxylation sites is 1. The van der Waals surface area contributed by atoms with E-state index in [0.29, 0.717) is 5.75 Å². The van der Waals surface area contributed by atoms with Crippen LogP contribution in [0.4, 0.5) is 4.79 Å². The van der Waals surface area contributed by atoms with Crippen LogP contribution in [0.2, 0.25) is 0 Å². The van der Waals surface area contributed by atoms with Crippen molar-refractivity contribution in [1.82, 2.24) is 5.32 Å². The van der Waals surface area contributed by atoms with Crippen molar-refractivity contribution in [3.63, 3.8) is 0 Å². The molecule has 0 fully saturated rings. The molecule has 1 aromatic carbocycles. The minimum atomic E-state index is -1.00. The molecular formula is C15H20N2O5. The number of benzene rings is 1. The molecule has 1 aromatic rings. The van der Waals surface area contributed by atoms with Gasteiger partial charge in [-0.25, -0.2) is 9.59 Å². The minimum Gasteiger partial charge on any atom is -0.482 e. The van der Waals surface area contributed by atoms with Crippen LogP contribution >= 0.6 is 0 Å². The molecule has 1 rings (SSSR count). The molecular weight excluding hydrogens is 288 g/mol. The standard InChI is InChI=1S/C15H20N2O5/c1-15(2,3)10-6-4-5-7-11(10)21-9-13(19)22-8-12(18)17-14(16)20/h4-7H,8-9H2,1-3H3,(H3,16,17,18,20). The molecule has 0 spiro atoms. The van der Waals surface area contributed by atoms with E-state index < -0.39 is 24.5 Å². The summed E-state index contributed by atoms with van der Waals surface area (Å²) in [4.78, 5) is 33.0. The maximum atomic E-state index is 11.5. The van der Waals surface area contributed by atoms with E-state index in [0.717, 1.165) is 5.56 Å². The molecule has 0 bridgehead atoms. The smallest absolute Gasteiger partial charge is 0.344 e. The van der Waals surface area contributed by atoms with E-state index in [1.807, 2.05) is 32.9 Å². The molecule has 0 unspecified atom stereocenters. The van der Waals surface area contributed by atoms with Crippen LogP contribution < -0.4 is 15.8 Å². The van der Waals surface area contributed by atoms with Crippen molar-refractivity contribution in [3.8, 4) is 5.75 Å². The van der Waals surface area contributed by atoms with Crippen molar-refractivity contribution in [2.24, 2.45) is 5.73 Å². The first-order valence-electron chi connectivity index (χ1n) is 6.67. The number of esters is 1. The maximum absolute atomic E-state index is 11.5. The van der Waals surface area contributed by atoms with Gasteiger partial charge in [0, 0.05) is 0 Å². The van der Waals surface area contributed by atoms with Crippen LogP contribution in [-0.4, -0.2) is 31.1 Å². The quantitative estimate of drug-likeness (QED) is 0.792. The number of primary amides is 1. The molecule has 0 heterocycles. The fourth-order valence-corrected chi connectivity index (χ4v) is 1.71. The number of rotatable bonds is 5. The van der Waals surface area contributed by atoms with Gasteiger partial charge >= 0.3 is 12.0 Å². The predicted octanol–water partition coefficient (Wildman–Crippen LogP) is 1.10. The Morgan fingerprint density at radius 3 is 2.36 bits per heavy atom. The largest absolute Gasteiger partial charge is 0.482 e. The van der Waals surface area contributed by atoms with Crippen LogP contribution in [0, 0.1) is 0 Å². The lowest BCUT2D eigenvalue weighted by atomic mass is 9.86. The Balaban J connectivity index is 2.52. The second-order valence-electron chi connectivity index (χ2n) is 5.61. The molecule has 3 N–H and O–H groups in total. The molecule has 0 atom stereocenters. The molecule has 0 aliphatic heterocycles. The summed E-state index contributed by atoms with van der Waals surface area (Å²) in [7, 11) is 0. The Labute approximate surface area is 128 Å². The Kier molecular flexibility index (Phi) is 5.91. The molecule has 22 heavy (non-hydrogen) atoms. The van der Waals surface area contributed by atoms with Gasteiger partial charge in [-0.2, -0.15) is 0 Å². The van der Waals surface area contributed by atoms with E-state index in [4.69, 9.17) is 10.5 Å². The number of nitrogens with two attached hydrogens (primary N) is 1. The number of nitrogens with one attached hydrogen (secondary N) is 1. The second kappa shape index (κ2) is 7.44. The van der Waals surface area contributed by atoms with Gasteiger partial charge < -0.3 is 15.2 Å². The Morgan fingerprint density at radius 1 is 1.14 bits per heavy atom. The number of carbonyl (C=O) groups is 3. The lowest BCUT2D eigenvalue weighted by Gasteiger charge is -2.22. The van der Waals surface area contributed by atoms with Crippen molar-refractivity contribution >= 4 is 17.9 Å². The van der Waals surface area contributed by atoms with E-state index in [1.165, 1.54) is 0 Å². The lowest BCUT2D eigenvalue weighted by Crippen LogP contribution is -2.38. The highest BCUT2D eigenvalue weighted by atomic mass is 16.6. The molecule has 7 heteroatoms. The van der Waals surface area contributed by atoms with Crippen LogP contribution in [0.5, 0.6) is 5.75 Å². The molecule has 7 nitrogen and oxygen atoms in total. The van der Waals surface area contributed by atoms with Crippen LogP contribution in [-0.2, 0) is 19.7 Å². The number of carbonyl (C=O) groups excluding carboxylic acids is 3. The number of ether oxygens (including phenoxy) is 2. The van der Waals surface area contributed by atoms with Crippen molar-refractivity contribution in [2.75, 3.05) is 13.2 Å². The Hall–Kier alpha value is -2.57. The van der Waals surface area contributed by atoms with Gasteiger partial charge in [-0.05, 0) is 17.0 Å². The zero-order valence-electron chi connectivity index (χ0n) is 12.8. The fraction of sp³-hybridized carbons (Fsp3) is 0.400. The third kappa shape index (κ3) is 5.82. The first kappa shape index (κ1) is 17.5. The Morgan fingerprint density at radius 2 is 1.77 bits per heavy atom. The van der Waals surface area contributed by atoms with Crippen LogP contribution in [0.15, 0.2) is 24.3 Å². The second-order valence-corrected chi connectivity index (χ2v) is 5.61. The average Bonchev–Trinajstić information content (AvgIpc) is 2.41. The Bertz CT molecular complexity index is 563. The molecule has 0 saturated heterocycles. The first-order chi connectivity index (χ1) is 10.2. The predicted molar refractivity (Wildman–Crippen MR) is 79.3 cm³/mol.